The molecule has 0 bridgehead atoms. The van der Waals surface area contributed by atoms with Gasteiger partial charge in [-0.2, -0.15) is 0 Å². The molecule has 1 aliphatic carbocycles. The molecule has 2 aromatic heterocycles. The fourth-order valence-corrected chi connectivity index (χ4v) is 3.10. The second kappa shape index (κ2) is 5.19. The van der Waals surface area contributed by atoms with Crippen LogP contribution in [0, 0.1) is 12.8 Å². The largest absolute Gasteiger partial charge is 0.395 e. The molecule has 19 heavy (non-hydrogen) atoms. The second-order valence-electron chi connectivity index (χ2n) is 5.76. The maximum absolute atomic E-state index is 6.05. The number of fused-ring (bicyclic) bond motifs is 1. The maximum atomic E-state index is 6.05. The predicted octanol–water partition coefficient (Wildman–Crippen LogP) is 3.13. The number of pyridine rings is 1. The van der Waals surface area contributed by atoms with Gasteiger partial charge in [0.2, 0.25) is 0 Å². The number of aryl methyl sites for hydroxylation is 2. The van der Waals surface area contributed by atoms with Crippen LogP contribution in [-0.2, 0) is 6.42 Å². The zero-order chi connectivity index (χ0) is 13.2. The van der Waals surface area contributed by atoms with Crippen molar-refractivity contribution in [2.24, 2.45) is 5.92 Å². The van der Waals surface area contributed by atoms with Crippen LogP contribution in [0.5, 0.6) is 0 Å². The fraction of sp³-hybridized carbons (Fsp3) is 0.600. The lowest BCUT2D eigenvalue weighted by molar-refractivity contribution is 0.337. The van der Waals surface area contributed by atoms with Crippen LogP contribution < -0.4 is 5.73 Å². The molecule has 0 unspecified atom stereocenters. The first-order valence-corrected chi connectivity index (χ1v) is 7.34. The summed E-state index contributed by atoms with van der Waals surface area (Å²) in [5, 5.41) is 8.55. The smallest absolute Gasteiger partial charge is 0.184 e. The van der Waals surface area contributed by atoms with Gasteiger partial charge in [-0.15, -0.1) is 10.2 Å². The van der Waals surface area contributed by atoms with Crippen molar-refractivity contribution in [3.8, 4) is 0 Å². The minimum Gasteiger partial charge on any atom is -0.395 e. The van der Waals surface area contributed by atoms with Gasteiger partial charge in [0.1, 0.15) is 5.82 Å². The molecular weight excluding hydrogens is 236 g/mol. The third-order valence-electron chi connectivity index (χ3n) is 4.41. The van der Waals surface area contributed by atoms with Crippen LogP contribution in [-0.4, -0.2) is 14.6 Å². The average Bonchev–Trinajstić information content (AvgIpc) is 2.86. The highest BCUT2D eigenvalue weighted by Crippen LogP contribution is 2.27. The molecule has 0 aromatic carbocycles. The lowest BCUT2D eigenvalue weighted by Crippen LogP contribution is -2.08. The Morgan fingerprint density at radius 1 is 1.26 bits per heavy atom. The van der Waals surface area contributed by atoms with E-state index < -0.39 is 0 Å². The first-order chi connectivity index (χ1) is 9.25. The van der Waals surface area contributed by atoms with Crippen molar-refractivity contribution in [3.05, 3.63) is 23.7 Å². The van der Waals surface area contributed by atoms with Crippen LogP contribution in [0.3, 0.4) is 0 Å². The molecule has 0 spiro atoms. The molecule has 0 amide bonds. The number of nitrogens with two attached hydrogens (primary N) is 1. The number of hydrogen-bond acceptors (Lipinski definition) is 3. The van der Waals surface area contributed by atoms with Crippen molar-refractivity contribution in [2.45, 2.75) is 51.9 Å². The molecule has 1 aliphatic rings. The van der Waals surface area contributed by atoms with Gasteiger partial charge in [-0.05, 0) is 30.9 Å². The first kappa shape index (κ1) is 12.5. The van der Waals surface area contributed by atoms with Gasteiger partial charge in [0.15, 0.2) is 5.65 Å². The second-order valence-corrected chi connectivity index (χ2v) is 5.76. The molecule has 3 rings (SSSR count). The molecule has 2 aromatic rings. The number of aromatic nitrogens is 3. The Morgan fingerprint density at radius 2 is 2.05 bits per heavy atom. The fourth-order valence-electron chi connectivity index (χ4n) is 3.10. The Kier molecular flexibility index (Phi) is 3.40. The highest BCUT2D eigenvalue weighted by molar-refractivity contribution is 5.68. The summed E-state index contributed by atoms with van der Waals surface area (Å²) >= 11 is 0. The van der Waals surface area contributed by atoms with Crippen LogP contribution in [0.1, 0.15) is 49.9 Å². The summed E-state index contributed by atoms with van der Waals surface area (Å²) in [5.41, 5.74) is 8.67. The standard InChI is InChI=1S/C15H22N4/c1-11-9-10-19-13(17-18-15(19)14(11)16)8-7-12-5-3-2-4-6-12/h9-10,12H,2-8,16H2,1H3. The molecule has 0 atom stereocenters. The van der Waals surface area contributed by atoms with Crippen molar-refractivity contribution in [3.63, 3.8) is 0 Å². The van der Waals surface area contributed by atoms with E-state index >= 15 is 0 Å². The quantitative estimate of drug-likeness (QED) is 0.920. The van der Waals surface area contributed by atoms with Gasteiger partial charge >= 0.3 is 0 Å². The molecule has 0 saturated heterocycles. The lowest BCUT2D eigenvalue weighted by Gasteiger charge is -2.20. The van der Waals surface area contributed by atoms with Crippen molar-refractivity contribution in [1.29, 1.82) is 0 Å². The maximum Gasteiger partial charge on any atom is 0.184 e. The summed E-state index contributed by atoms with van der Waals surface area (Å²) in [6.45, 7) is 2.01. The van der Waals surface area contributed by atoms with E-state index in [2.05, 4.69) is 10.2 Å². The van der Waals surface area contributed by atoms with Crippen molar-refractivity contribution < 1.29 is 0 Å². The Bertz CT molecular complexity index is 567. The molecule has 1 saturated carbocycles. The highest BCUT2D eigenvalue weighted by atomic mass is 15.2. The molecule has 2 heterocycles. The van der Waals surface area contributed by atoms with Gasteiger partial charge in [0.05, 0.1) is 5.69 Å². The molecule has 102 valence electrons. The van der Waals surface area contributed by atoms with E-state index in [-0.39, 0.29) is 0 Å². The van der Waals surface area contributed by atoms with Crippen LogP contribution in [0.25, 0.3) is 5.65 Å². The number of rotatable bonds is 3. The zero-order valence-corrected chi connectivity index (χ0v) is 11.6. The molecular formula is C15H22N4. The molecule has 4 nitrogen and oxygen atoms in total. The van der Waals surface area contributed by atoms with Gasteiger partial charge in [-0.1, -0.05) is 32.1 Å². The Balaban J connectivity index is 1.76. The zero-order valence-electron chi connectivity index (χ0n) is 11.6. The normalized spacial score (nSPS) is 17.1. The van der Waals surface area contributed by atoms with Gasteiger partial charge < -0.3 is 5.73 Å². The SMILES string of the molecule is Cc1ccn2c(CCC3CCCCC3)nnc2c1N. The van der Waals surface area contributed by atoms with Crippen LogP contribution in [0.15, 0.2) is 12.3 Å². The minimum absolute atomic E-state index is 0.749. The number of anilines is 1. The number of nitrogen functional groups attached to an aromatic ring is 1. The summed E-state index contributed by atoms with van der Waals surface area (Å²) in [5.74, 6) is 1.93. The van der Waals surface area contributed by atoms with Crippen molar-refractivity contribution in [1.82, 2.24) is 14.6 Å². The first-order valence-electron chi connectivity index (χ1n) is 7.34. The van der Waals surface area contributed by atoms with Gasteiger partial charge in [-0.25, -0.2) is 0 Å². The van der Waals surface area contributed by atoms with Gasteiger partial charge in [0, 0.05) is 12.6 Å². The molecule has 0 radical (unpaired) electrons. The third-order valence-corrected chi connectivity index (χ3v) is 4.41. The molecule has 2 N–H and O–H groups in total. The molecule has 4 heteroatoms. The molecule has 0 aliphatic heterocycles. The summed E-state index contributed by atoms with van der Waals surface area (Å²) in [6.07, 6.45) is 11.3. The van der Waals surface area contributed by atoms with E-state index in [0.717, 1.165) is 35.1 Å². The average molecular weight is 258 g/mol. The summed E-state index contributed by atoms with van der Waals surface area (Å²) < 4.78 is 2.05. The van der Waals surface area contributed by atoms with Crippen molar-refractivity contribution >= 4 is 11.3 Å². The molecule has 1 fully saturated rings. The van der Waals surface area contributed by atoms with E-state index in [9.17, 15) is 0 Å². The summed E-state index contributed by atoms with van der Waals surface area (Å²) in [7, 11) is 0. The van der Waals surface area contributed by atoms with E-state index in [1.54, 1.807) is 0 Å². The summed E-state index contributed by atoms with van der Waals surface area (Å²) in [6, 6.07) is 2.04. The number of nitrogens with zero attached hydrogens (tertiary/aromatic N) is 3. The van der Waals surface area contributed by atoms with E-state index in [0.29, 0.717) is 0 Å². The third kappa shape index (κ3) is 2.44. The van der Waals surface area contributed by atoms with Crippen LogP contribution in [0.2, 0.25) is 0 Å². The highest BCUT2D eigenvalue weighted by Gasteiger charge is 2.15. The van der Waals surface area contributed by atoms with Gasteiger partial charge in [-0.3, -0.25) is 4.40 Å². The Labute approximate surface area is 114 Å². The predicted molar refractivity (Wildman–Crippen MR) is 77.0 cm³/mol. The van der Waals surface area contributed by atoms with E-state index in [4.69, 9.17) is 5.73 Å². The monoisotopic (exact) mass is 258 g/mol. The van der Waals surface area contributed by atoms with E-state index in [1.807, 2.05) is 23.6 Å². The Morgan fingerprint density at radius 3 is 2.84 bits per heavy atom. The lowest BCUT2D eigenvalue weighted by atomic mass is 9.86. The van der Waals surface area contributed by atoms with E-state index in [1.165, 1.54) is 38.5 Å². The topological polar surface area (TPSA) is 56.2 Å². The van der Waals surface area contributed by atoms with Crippen LogP contribution in [0.4, 0.5) is 5.69 Å². The van der Waals surface area contributed by atoms with Crippen molar-refractivity contribution in [2.75, 3.05) is 5.73 Å². The minimum atomic E-state index is 0.749. The summed E-state index contributed by atoms with van der Waals surface area (Å²) in [4.78, 5) is 0. The van der Waals surface area contributed by atoms with Gasteiger partial charge in [0.25, 0.3) is 0 Å². The number of hydrogen-bond donors (Lipinski definition) is 1. The van der Waals surface area contributed by atoms with Crippen LogP contribution >= 0.6 is 0 Å². The Hall–Kier alpha value is -1.58.